The lowest BCUT2D eigenvalue weighted by Crippen LogP contribution is -2.14. The van der Waals surface area contributed by atoms with Gasteiger partial charge in [-0.25, -0.2) is 4.39 Å². The van der Waals surface area contributed by atoms with Crippen molar-refractivity contribution in [1.29, 1.82) is 0 Å². The van der Waals surface area contributed by atoms with E-state index in [0.29, 0.717) is 12.2 Å². The smallest absolute Gasteiger partial charge is 0.314 e. The monoisotopic (exact) mass is 210 g/mol. The number of esters is 1. The van der Waals surface area contributed by atoms with E-state index in [9.17, 15) is 9.18 Å². The minimum Gasteiger partial charge on any atom is -0.426 e. The van der Waals surface area contributed by atoms with Crippen molar-refractivity contribution >= 4 is 5.97 Å². The number of ether oxygens (including phenoxy) is 1. The first kappa shape index (κ1) is 11.7. The Balaban J connectivity index is 2.36. The molecule has 0 saturated carbocycles. The quantitative estimate of drug-likeness (QED) is 0.551. The summed E-state index contributed by atoms with van der Waals surface area (Å²) in [6.07, 6.45) is -0.113. The van der Waals surface area contributed by atoms with Gasteiger partial charge in [-0.15, -0.1) is 0 Å². The number of hydrogen-bond donors (Lipinski definition) is 0. The second-order valence-electron chi connectivity index (χ2n) is 3.38. The van der Waals surface area contributed by atoms with Gasteiger partial charge in [0.25, 0.3) is 0 Å². The van der Waals surface area contributed by atoms with E-state index in [1.165, 1.54) is 0 Å². The molecular formula is C12H15FO2. The number of benzene rings is 1. The molecule has 0 heterocycles. The van der Waals surface area contributed by atoms with Crippen LogP contribution in [0.15, 0.2) is 30.3 Å². The lowest BCUT2D eigenvalue weighted by molar-refractivity contribution is -0.135. The molecule has 2 nitrogen and oxygen atoms in total. The highest BCUT2D eigenvalue weighted by molar-refractivity contribution is 5.72. The summed E-state index contributed by atoms with van der Waals surface area (Å²) in [6.45, 7) is 1.88. The van der Waals surface area contributed by atoms with Gasteiger partial charge in [0.15, 0.2) is 0 Å². The van der Waals surface area contributed by atoms with Crippen LogP contribution >= 0.6 is 0 Å². The zero-order valence-electron chi connectivity index (χ0n) is 8.78. The zero-order chi connectivity index (χ0) is 11.1. The fraction of sp³-hybridized carbons (Fsp3) is 0.417. The number of alkyl halides is 1. The Morgan fingerprint density at radius 1 is 1.40 bits per heavy atom. The van der Waals surface area contributed by atoms with Crippen LogP contribution in [0.1, 0.15) is 26.2 Å². The molecule has 15 heavy (non-hydrogen) atoms. The van der Waals surface area contributed by atoms with E-state index in [2.05, 4.69) is 0 Å². The SMILES string of the molecule is CCCC(F)CC(=O)Oc1ccccc1. The molecule has 0 bridgehead atoms. The van der Waals surface area contributed by atoms with Crippen molar-refractivity contribution in [3.05, 3.63) is 30.3 Å². The van der Waals surface area contributed by atoms with E-state index in [1.54, 1.807) is 24.3 Å². The molecule has 0 aliphatic rings. The maximum absolute atomic E-state index is 13.1. The van der Waals surface area contributed by atoms with Gasteiger partial charge >= 0.3 is 5.97 Å². The predicted octanol–water partition coefficient (Wildman–Crippen LogP) is 3.12. The van der Waals surface area contributed by atoms with Crippen molar-refractivity contribution in [2.45, 2.75) is 32.4 Å². The number of rotatable bonds is 5. The van der Waals surface area contributed by atoms with Crippen molar-refractivity contribution in [1.82, 2.24) is 0 Å². The maximum Gasteiger partial charge on any atom is 0.314 e. The fourth-order valence-corrected chi connectivity index (χ4v) is 1.26. The summed E-state index contributed by atoms with van der Waals surface area (Å²) in [7, 11) is 0. The normalized spacial score (nSPS) is 12.1. The minimum atomic E-state index is -1.09. The second kappa shape index (κ2) is 6.17. The van der Waals surface area contributed by atoms with E-state index in [1.807, 2.05) is 13.0 Å². The van der Waals surface area contributed by atoms with Gasteiger partial charge in [0.05, 0.1) is 6.42 Å². The van der Waals surface area contributed by atoms with Crippen LogP contribution in [0.2, 0.25) is 0 Å². The van der Waals surface area contributed by atoms with Gasteiger partial charge < -0.3 is 4.74 Å². The molecule has 1 unspecified atom stereocenters. The Labute approximate surface area is 89.1 Å². The second-order valence-corrected chi connectivity index (χ2v) is 3.38. The van der Waals surface area contributed by atoms with Crippen molar-refractivity contribution in [3.8, 4) is 5.75 Å². The van der Waals surface area contributed by atoms with E-state index < -0.39 is 12.1 Å². The number of carbonyl (C=O) groups is 1. The van der Waals surface area contributed by atoms with Gasteiger partial charge in [-0.05, 0) is 18.6 Å². The first-order valence-electron chi connectivity index (χ1n) is 5.12. The van der Waals surface area contributed by atoms with Crippen LogP contribution in [0.5, 0.6) is 5.75 Å². The summed E-state index contributed by atoms with van der Waals surface area (Å²) in [4.78, 5) is 11.2. The third kappa shape index (κ3) is 4.58. The summed E-state index contributed by atoms with van der Waals surface area (Å²) in [5.41, 5.74) is 0. The third-order valence-electron chi connectivity index (χ3n) is 1.96. The lowest BCUT2D eigenvalue weighted by atomic mass is 10.2. The summed E-state index contributed by atoms with van der Waals surface area (Å²) < 4.78 is 18.0. The van der Waals surface area contributed by atoms with Crippen LogP contribution in [0.4, 0.5) is 4.39 Å². The van der Waals surface area contributed by atoms with Gasteiger partial charge in [-0.1, -0.05) is 31.5 Å². The summed E-state index contributed by atoms with van der Waals surface area (Å²) >= 11 is 0. The minimum absolute atomic E-state index is 0.164. The van der Waals surface area contributed by atoms with E-state index in [0.717, 1.165) is 6.42 Å². The number of para-hydroxylation sites is 1. The molecule has 82 valence electrons. The lowest BCUT2D eigenvalue weighted by Gasteiger charge is -2.06. The molecule has 0 aliphatic heterocycles. The third-order valence-corrected chi connectivity index (χ3v) is 1.96. The molecular weight excluding hydrogens is 195 g/mol. The van der Waals surface area contributed by atoms with Gasteiger partial charge in [0.2, 0.25) is 0 Å². The van der Waals surface area contributed by atoms with E-state index in [4.69, 9.17) is 4.74 Å². The first-order valence-corrected chi connectivity index (χ1v) is 5.12. The average Bonchev–Trinajstić information content (AvgIpc) is 2.19. The molecule has 0 radical (unpaired) electrons. The highest BCUT2D eigenvalue weighted by atomic mass is 19.1. The molecule has 0 amide bonds. The van der Waals surface area contributed by atoms with Crippen LogP contribution in [0.25, 0.3) is 0 Å². The predicted molar refractivity (Wildman–Crippen MR) is 56.5 cm³/mol. The number of halogens is 1. The van der Waals surface area contributed by atoms with Crippen molar-refractivity contribution in [2.75, 3.05) is 0 Å². The summed E-state index contributed by atoms with van der Waals surface area (Å²) in [5.74, 6) is -0.0478. The highest BCUT2D eigenvalue weighted by Crippen LogP contribution is 2.12. The Morgan fingerprint density at radius 3 is 2.67 bits per heavy atom. The van der Waals surface area contributed by atoms with Gasteiger partial charge in [-0.3, -0.25) is 4.79 Å². The Kier molecular flexibility index (Phi) is 4.81. The molecule has 0 fully saturated rings. The number of carbonyl (C=O) groups excluding carboxylic acids is 1. The standard InChI is InChI=1S/C12H15FO2/c1-2-6-10(13)9-12(14)15-11-7-4-3-5-8-11/h3-5,7-8,10H,2,6,9H2,1H3. The first-order chi connectivity index (χ1) is 7.22. The molecule has 1 atom stereocenters. The van der Waals surface area contributed by atoms with Gasteiger partial charge in [-0.2, -0.15) is 0 Å². The molecule has 1 aromatic carbocycles. The molecule has 0 N–H and O–H groups in total. The van der Waals surface area contributed by atoms with Crippen LogP contribution in [-0.4, -0.2) is 12.1 Å². The van der Waals surface area contributed by atoms with Crippen LogP contribution < -0.4 is 4.74 Å². The Hall–Kier alpha value is -1.38. The molecule has 1 rings (SSSR count). The van der Waals surface area contributed by atoms with Crippen LogP contribution in [0, 0.1) is 0 Å². The summed E-state index contributed by atoms with van der Waals surface area (Å²) in [5, 5.41) is 0. The van der Waals surface area contributed by atoms with Gasteiger partial charge in [0.1, 0.15) is 11.9 Å². The van der Waals surface area contributed by atoms with Gasteiger partial charge in [0, 0.05) is 0 Å². The maximum atomic E-state index is 13.1. The van der Waals surface area contributed by atoms with Crippen LogP contribution in [0.3, 0.4) is 0 Å². The van der Waals surface area contributed by atoms with Crippen molar-refractivity contribution in [2.24, 2.45) is 0 Å². The fourth-order valence-electron chi connectivity index (χ4n) is 1.26. The molecule has 1 aromatic rings. The molecule has 0 aliphatic carbocycles. The highest BCUT2D eigenvalue weighted by Gasteiger charge is 2.13. The zero-order valence-corrected chi connectivity index (χ0v) is 8.78. The Morgan fingerprint density at radius 2 is 2.07 bits per heavy atom. The summed E-state index contributed by atoms with van der Waals surface area (Å²) in [6, 6.07) is 8.70. The van der Waals surface area contributed by atoms with Crippen LogP contribution in [-0.2, 0) is 4.79 Å². The van der Waals surface area contributed by atoms with E-state index >= 15 is 0 Å². The topological polar surface area (TPSA) is 26.3 Å². The molecule has 0 spiro atoms. The van der Waals surface area contributed by atoms with Crippen molar-refractivity contribution in [3.63, 3.8) is 0 Å². The number of hydrogen-bond acceptors (Lipinski definition) is 2. The molecule has 0 aromatic heterocycles. The largest absolute Gasteiger partial charge is 0.426 e. The average molecular weight is 210 g/mol. The van der Waals surface area contributed by atoms with Crippen molar-refractivity contribution < 1.29 is 13.9 Å². The molecule has 3 heteroatoms. The Bertz CT molecular complexity index is 298. The van der Waals surface area contributed by atoms with E-state index in [-0.39, 0.29) is 6.42 Å². The molecule has 0 saturated heterocycles.